The molecule has 0 unspecified atom stereocenters. The number of nitrogens with zero attached hydrogens (tertiary/aromatic N) is 2. The Kier molecular flexibility index (Phi) is 11.1. The van der Waals surface area contributed by atoms with E-state index in [1.165, 1.54) is 11.6 Å². The number of fused-ring (bicyclic) bond motifs is 1. The molecule has 0 fully saturated rings. The molecule has 1 aromatic heterocycles. The molecule has 0 atom stereocenters. The van der Waals surface area contributed by atoms with Gasteiger partial charge in [-0.3, -0.25) is 10.0 Å². The van der Waals surface area contributed by atoms with Gasteiger partial charge >= 0.3 is 0 Å². The number of rotatable bonds is 9. The average molecular weight is 460 g/mol. The van der Waals surface area contributed by atoms with Gasteiger partial charge in [-0.15, -0.1) is 0 Å². The van der Waals surface area contributed by atoms with Crippen LogP contribution in [-0.2, 0) is 16.1 Å². The van der Waals surface area contributed by atoms with E-state index in [9.17, 15) is 4.79 Å². The van der Waals surface area contributed by atoms with Crippen LogP contribution in [0.5, 0.6) is 0 Å². The predicted molar refractivity (Wildman–Crippen MR) is 139 cm³/mol. The third-order valence-electron chi connectivity index (χ3n) is 4.87. The zero-order chi connectivity index (χ0) is 24.8. The van der Waals surface area contributed by atoms with Crippen molar-refractivity contribution < 1.29 is 14.7 Å². The number of carbonyl (C=O) groups is 1. The summed E-state index contributed by atoms with van der Waals surface area (Å²) in [5.41, 5.74) is 6.56. The number of methoxy groups -OCH3 is 1. The van der Waals surface area contributed by atoms with Crippen LogP contribution in [-0.4, -0.2) is 27.8 Å². The number of hydrogen-bond acceptors (Lipinski definition) is 4. The highest BCUT2D eigenvalue weighted by molar-refractivity contribution is 5.91. The molecule has 34 heavy (non-hydrogen) atoms. The van der Waals surface area contributed by atoms with Crippen LogP contribution < -0.4 is 5.48 Å². The number of aromatic nitrogens is 2. The summed E-state index contributed by atoms with van der Waals surface area (Å²) >= 11 is 0. The van der Waals surface area contributed by atoms with E-state index in [1.807, 2.05) is 81.5 Å². The summed E-state index contributed by atoms with van der Waals surface area (Å²) in [7, 11) is 1.63. The van der Waals surface area contributed by atoms with E-state index in [0.29, 0.717) is 0 Å². The third-order valence-corrected chi connectivity index (χ3v) is 4.87. The lowest BCUT2D eigenvalue weighted by molar-refractivity contribution is -0.124. The van der Waals surface area contributed by atoms with E-state index in [2.05, 4.69) is 16.7 Å². The molecule has 0 aliphatic rings. The first-order valence-electron chi connectivity index (χ1n) is 11.3. The predicted octanol–water partition coefficient (Wildman–Crippen LogP) is 6.30. The van der Waals surface area contributed by atoms with Crippen LogP contribution in [0.1, 0.15) is 32.8 Å². The number of para-hydroxylation sites is 2. The largest absolute Gasteiger partial charge is 0.504 e. The Labute approximate surface area is 201 Å². The van der Waals surface area contributed by atoms with Crippen molar-refractivity contribution in [2.45, 2.75) is 33.7 Å². The van der Waals surface area contributed by atoms with Crippen LogP contribution >= 0.6 is 0 Å². The van der Waals surface area contributed by atoms with Crippen LogP contribution in [0.2, 0.25) is 0 Å². The quantitative estimate of drug-likeness (QED) is 0.129. The van der Waals surface area contributed by atoms with E-state index < -0.39 is 5.91 Å². The molecule has 2 N–H and O–H groups in total. The summed E-state index contributed by atoms with van der Waals surface area (Å²) in [5.74, 6) is 0.286. The SMILES string of the molecule is CC.C\C=C/C(=C\C=C\OC)CCn1c(-c2cccc(/C=C/C(=O)NO)c2)nc2ccccc21. The second-order valence-corrected chi connectivity index (χ2v) is 7.07. The lowest BCUT2D eigenvalue weighted by atomic mass is 10.1. The van der Waals surface area contributed by atoms with E-state index >= 15 is 0 Å². The number of imidazole rings is 1. The number of allylic oxidation sites excluding steroid dienone is 5. The van der Waals surface area contributed by atoms with Gasteiger partial charge in [-0.1, -0.05) is 62.4 Å². The van der Waals surface area contributed by atoms with Crippen molar-refractivity contribution in [1.82, 2.24) is 15.0 Å². The maximum absolute atomic E-state index is 11.3. The van der Waals surface area contributed by atoms with E-state index in [-0.39, 0.29) is 0 Å². The molecule has 0 aliphatic carbocycles. The van der Waals surface area contributed by atoms with Gasteiger partial charge < -0.3 is 9.30 Å². The monoisotopic (exact) mass is 459 g/mol. The molecular weight excluding hydrogens is 426 g/mol. The average Bonchev–Trinajstić information content (AvgIpc) is 3.26. The number of nitrogens with one attached hydrogen (secondary N) is 1. The minimum absolute atomic E-state index is 0.576. The molecule has 0 saturated heterocycles. The Hall–Kier alpha value is -3.90. The van der Waals surface area contributed by atoms with Crippen LogP contribution in [0.4, 0.5) is 0 Å². The summed E-state index contributed by atoms with van der Waals surface area (Å²) < 4.78 is 7.22. The Balaban J connectivity index is 0.00000199. The fraction of sp³-hybridized carbons (Fsp3) is 0.214. The second kappa shape index (κ2) is 14.3. The summed E-state index contributed by atoms with van der Waals surface area (Å²) in [6.45, 7) is 6.75. The molecule has 1 amide bonds. The lowest BCUT2D eigenvalue weighted by Crippen LogP contribution is -2.14. The molecule has 0 radical (unpaired) electrons. The molecule has 0 saturated carbocycles. The van der Waals surface area contributed by atoms with Crippen LogP contribution in [0, 0.1) is 0 Å². The standard InChI is InChI=1S/C26H27N3O3.C2H6/c1-3-8-20(10-7-18-32-2)16-17-29-24-13-5-4-12-23(24)27-26(29)22-11-6-9-21(19-22)14-15-25(30)28-31;1-2/h3-15,18-19,31H,16-17H2,1-2H3,(H,28,30);1-2H3/b8-3-,15-14+,18-7+,20-10+;. The number of aryl methyl sites for hydroxylation is 1. The van der Waals surface area contributed by atoms with Crippen LogP contribution in [0.15, 0.2) is 90.7 Å². The van der Waals surface area contributed by atoms with Crippen molar-refractivity contribution in [3.63, 3.8) is 0 Å². The summed E-state index contributed by atoms with van der Waals surface area (Å²) in [6, 6.07) is 15.9. The smallest absolute Gasteiger partial charge is 0.267 e. The van der Waals surface area contributed by atoms with E-state index in [0.717, 1.165) is 41.0 Å². The normalized spacial score (nSPS) is 11.9. The first-order valence-corrected chi connectivity index (χ1v) is 11.3. The molecular formula is C28H33N3O3. The summed E-state index contributed by atoms with van der Waals surface area (Å²) in [5, 5.41) is 8.69. The fourth-order valence-electron chi connectivity index (χ4n) is 3.43. The molecule has 6 nitrogen and oxygen atoms in total. The van der Waals surface area contributed by atoms with Gasteiger partial charge in [0.15, 0.2) is 0 Å². The molecule has 6 heteroatoms. The third kappa shape index (κ3) is 7.32. The van der Waals surface area contributed by atoms with Gasteiger partial charge in [0.1, 0.15) is 5.82 Å². The highest BCUT2D eigenvalue weighted by Gasteiger charge is 2.13. The second-order valence-electron chi connectivity index (χ2n) is 7.07. The topological polar surface area (TPSA) is 76.4 Å². The summed E-state index contributed by atoms with van der Waals surface area (Å²) in [4.78, 5) is 16.2. The van der Waals surface area contributed by atoms with Crippen LogP contribution in [0.3, 0.4) is 0 Å². The molecule has 178 valence electrons. The molecule has 1 heterocycles. The Morgan fingerprint density at radius 1 is 1.15 bits per heavy atom. The van der Waals surface area contributed by atoms with Crippen molar-refractivity contribution in [2.75, 3.05) is 7.11 Å². The fourth-order valence-corrected chi connectivity index (χ4v) is 3.43. The number of carbonyl (C=O) groups excluding carboxylic acids is 1. The number of hydrogen-bond donors (Lipinski definition) is 2. The Morgan fingerprint density at radius 3 is 2.68 bits per heavy atom. The number of amides is 1. The zero-order valence-electron chi connectivity index (χ0n) is 20.2. The van der Waals surface area contributed by atoms with Gasteiger partial charge in [-0.25, -0.2) is 10.5 Å². The highest BCUT2D eigenvalue weighted by atomic mass is 16.5. The molecule has 0 spiro atoms. The van der Waals surface area contributed by atoms with Crippen molar-refractivity contribution in [3.05, 3.63) is 96.3 Å². The molecule has 3 aromatic rings. The van der Waals surface area contributed by atoms with Gasteiger partial charge in [0.25, 0.3) is 5.91 Å². The van der Waals surface area contributed by atoms with Gasteiger partial charge in [-0.2, -0.15) is 0 Å². The van der Waals surface area contributed by atoms with Crippen molar-refractivity contribution in [2.24, 2.45) is 0 Å². The van der Waals surface area contributed by atoms with E-state index in [1.54, 1.807) is 24.9 Å². The van der Waals surface area contributed by atoms with Gasteiger partial charge in [0, 0.05) is 18.2 Å². The molecule has 0 aliphatic heterocycles. The molecule has 3 rings (SSSR count). The van der Waals surface area contributed by atoms with Crippen molar-refractivity contribution >= 4 is 23.0 Å². The highest BCUT2D eigenvalue weighted by Crippen LogP contribution is 2.27. The van der Waals surface area contributed by atoms with E-state index in [4.69, 9.17) is 14.9 Å². The maximum Gasteiger partial charge on any atom is 0.267 e. The van der Waals surface area contributed by atoms with Crippen molar-refractivity contribution in [3.8, 4) is 11.4 Å². The lowest BCUT2D eigenvalue weighted by Gasteiger charge is -2.11. The Morgan fingerprint density at radius 2 is 1.94 bits per heavy atom. The minimum Gasteiger partial charge on any atom is -0.504 e. The zero-order valence-corrected chi connectivity index (χ0v) is 20.2. The first kappa shape index (κ1) is 26.4. The number of ether oxygens (including phenoxy) is 1. The molecule has 0 bridgehead atoms. The molecule has 2 aromatic carbocycles. The number of benzene rings is 2. The summed E-state index contributed by atoms with van der Waals surface area (Å²) in [6.07, 6.45) is 13.5. The van der Waals surface area contributed by atoms with Gasteiger partial charge in [0.2, 0.25) is 0 Å². The maximum atomic E-state index is 11.3. The first-order chi connectivity index (χ1) is 16.7. The van der Waals surface area contributed by atoms with Crippen molar-refractivity contribution in [1.29, 1.82) is 0 Å². The Bertz CT molecular complexity index is 1190. The van der Waals surface area contributed by atoms with Crippen LogP contribution in [0.25, 0.3) is 28.5 Å². The minimum atomic E-state index is -0.576. The number of hydroxylamine groups is 1. The van der Waals surface area contributed by atoms with Gasteiger partial charge in [0.05, 0.1) is 24.4 Å². The van der Waals surface area contributed by atoms with Gasteiger partial charge in [-0.05, 0) is 54.8 Å².